The third kappa shape index (κ3) is 5.76. The molecule has 1 heterocycles. The van der Waals surface area contributed by atoms with Crippen LogP contribution in [0.25, 0.3) is 0 Å². The lowest BCUT2D eigenvalue weighted by Gasteiger charge is -2.17. The molecule has 5 heteroatoms. The molecule has 1 amide bonds. The van der Waals surface area contributed by atoms with Gasteiger partial charge >= 0.3 is 6.09 Å². The highest BCUT2D eigenvalue weighted by Crippen LogP contribution is 2.30. The van der Waals surface area contributed by atoms with E-state index >= 15 is 0 Å². The van der Waals surface area contributed by atoms with Gasteiger partial charge in [0, 0.05) is 17.7 Å². The van der Waals surface area contributed by atoms with Gasteiger partial charge in [0.05, 0.1) is 18.0 Å². The summed E-state index contributed by atoms with van der Waals surface area (Å²) < 4.78 is 4.87. The molecule has 0 aliphatic carbocycles. The smallest absolute Gasteiger partial charge is 0.407 e. The molecule has 0 aromatic heterocycles. The fourth-order valence-electron chi connectivity index (χ4n) is 3.45. The molecule has 152 valence electrons. The number of alkyl carbamates (subject to hydrolysis) is 1. The largest absolute Gasteiger partial charge is 0.450 e. The first-order chi connectivity index (χ1) is 14.1. The molecule has 0 unspecified atom stereocenters. The molecular weight excluding hydrogens is 362 g/mol. The van der Waals surface area contributed by atoms with Crippen molar-refractivity contribution in [2.75, 3.05) is 13.2 Å². The Balaban J connectivity index is 1.64. The first kappa shape index (κ1) is 20.8. The fourth-order valence-corrected chi connectivity index (χ4v) is 3.45. The molecule has 0 bridgehead atoms. The van der Waals surface area contributed by atoms with Gasteiger partial charge < -0.3 is 10.1 Å². The minimum Gasteiger partial charge on any atom is -0.450 e. The van der Waals surface area contributed by atoms with Gasteiger partial charge in [-0.25, -0.2) is 4.79 Å². The van der Waals surface area contributed by atoms with Crippen LogP contribution in [0.3, 0.4) is 0 Å². The number of rotatable bonds is 9. The van der Waals surface area contributed by atoms with Gasteiger partial charge in [0.15, 0.2) is 0 Å². The van der Waals surface area contributed by atoms with Gasteiger partial charge in [-0.1, -0.05) is 67.1 Å². The summed E-state index contributed by atoms with van der Waals surface area (Å²) in [4.78, 5) is 21.4. The van der Waals surface area contributed by atoms with Gasteiger partial charge in [-0.15, -0.1) is 0 Å². The van der Waals surface area contributed by atoms with E-state index in [1.807, 2.05) is 36.4 Å². The van der Waals surface area contributed by atoms with Crippen LogP contribution in [-0.4, -0.2) is 36.3 Å². The molecule has 2 aromatic carbocycles. The normalized spacial score (nSPS) is 14.8. The highest BCUT2D eigenvalue weighted by Gasteiger charge is 2.32. The van der Waals surface area contributed by atoms with E-state index in [0.717, 1.165) is 48.2 Å². The molecule has 1 aliphatic heterocycles. The summed E-state index contributed by atoms with van der Waals surface area (Å²) in [6.45, 7) is 4.93. The average Bonchev–Trinajstić information content (AvgIpc) is 3.10. The first-order valence-corrected chi connectivity index (χ1v) is 10.3. The standard InChI is InChI=1S/C24H29N3O2/c1-3-29-23(28)25-18-12-6-11-17-24(2)26-21(19-13-7-4-8-14-19)22(27-24)20-15-9-5-10-16-20/h4-5,7-10,13-16H,3,6,11-12,17-18H2,1-2H3,(H,25,28). The Labute approximate surface area is 172 Å². The predicted octanol–water partition coefficient (Wildman–Crippen LogP) is 5.00. The Morgan fingerprint density at radius 2 is 1.45 bits per heavy atom. The summed E-state index contributed by atoms with van der Waals surface area (Å²) in [5.41, 5.74) is 3.66. The van der Waals surface area contributed by atoms with Crippen LogP contribution >= 0.6 is 0 Å². The summed E-state index contributed by atoms with van der Waals surface area (Å²) in [6.07, 6.45) is 3.45. The molecule has 1 aliphatic rings. The molecule has 0 fully saturated rings. The lowest BCUT2D eigenvalue weighted by atomic mass is 10.0. The van der Waals surface area contributed by atoms with E-state index in [2.05, 4.69) is 36.5 Å². The number of hydrogen-bond donors (Lipinski definition) is 1. The minimum absolute atomic E-state index is 0.343. The zero-order chi connectivity index (χ0) is 20.5. The fraction of sp³-hybridized carbons (Fsp3) is 0.375. The number of nitrogens with zero attached hydrogens (tertiary/aromatic N) is 2. The van der Waals surface area contributed by atoms with Gasteiger partial charge in [0.2, 0.25) is 0 Å². The third-order valence-corrected chi connectivity index (χ3v) is 4.90. The first-order valence-electron chi connectivity index (χ1n) is 10.3. The van der Waals surface area contributed by atoms with Crippen LogP contribution in [0.5, 0.6) is 0 Å². The lowest BCUT2D eigenvalue weighted by molar-refractivity contribution is 0.152. The van der Waals surface area contributed by atoms with E-state index in [4.69, 9.17) is 14.7 Å². The van der Waals surface area contributed by atoms with Crippen LogP contribution < -0.4 is 5.32 Å². The number of unbranched alkanes of at least 4 members (excludes halogenated alkanes) is 2. The molecule has 5 nitrogen and oxygen atoms in total. The van der Waals surface area contributed by atoms with E-state index in [-0.39, 0.29) is 6.09 Å². The van der Waals surface area contributed by atoms with Crippen molar-refractivity contribution in [3.8, 4) is 0 Å². The molecule has 1 N–H and O–H groups in total. The van der Waals surface area contributed by atoms with Crippen LogP contribution in [-0.2, 0) is 4.74 Å². The molecular formula is C24H29N3O2. The number of nitrogens with one attached hydrogen (secondary N) is 1. The van der Waals surface area contributed by atoms with Crippen LogP contribution in [0.4, 0.5) is 4.79 Å². The van der Waals surface area contributed by atoms with Gasteiger partial charge in [0.25, 0.3) is 0 Å². The Kier molecular flexibility index (Phi) is 7.17. The van der Waals surface area contributed by atoms with Crippen molar-refractivity contribution in [1.82, 2.24) is 5.32 Å². The molecule has 0 spiro atoms. The van der Waals surface area contributed by atoms with Gasteiger partial charge in [-0.3, -0.25) is 9.98 Å². The Hall–Kier alpha value is -2.95. The van der Waals surface area contributed by atoms with Crippen molar-refractivity contribution in [2.24, 2.45) is 9.98 Å². The average molecular weight is 392 g/mol. The van der Waals surface area contributed by atoms with E-state index in [0.29, 0.717) is 13.2 Å². The maximum absolute atomic E-state index is 11.3. The minimum atomic E-state index is -0.453. The van der Waals surface area contributed by atoms with Crippen molar-refractivity contribution in [3.63, 3.8) is 0 Å². The van der Waals surface area contributed by atoms with Crippen molar-refractivity contribution in [2.45, 2.75) is 45.2 Å². The van der Waals surface area contributed by atoms with Crippen LogP contribution in [0.15, 0.2) is 70.6 Å². The van der Waals surface area contributed by atoms with Crippen molar-refractivity contribution < 1.29 is 9.53 Å². The SMILES string of the molecule is CCOC(=O)NCCCCCC1(C)N=C(c2ccccc2)C(c2ccccc2)=N1. The number of hydrogen-bond acceptors (Lipinski definition) is 4. The quantitative estimate of drug-likeness (QED) is 0.611. The highest BCUT2D eigenvalue weighted by atomic mass is 16.5. The zero-order valence-electron chi connectivity index (χ0n) is 17.2. The number of ether oxygens (including phenoxy) is 1. The van der Waals surface area contributed by atoms with Crippen molar-refractivity contribution >= 4 is 17.5 Å². The van der Waals surface area contributed by atoms with Gasteiger partial charge in [-0.05, 0) is 33.1 Å². The molecule has 0 radical (unpaired) electrons. The topological polar surface area (TPSA) is 63.0 Å². The zero-order valence-corrected chi connectivity index (χ0v) is 17.2. The monoisotopic (exact) mass is 391 g/mol. The van der Waals surface area contributed by atoms with Crippen LogP contribution in [0, 0.1) is 0 Å². The van der Waals surface area contributed by atoms with Crippen LogP contribution in [0.2, 0.25) is 0 Å². The summed E-state index contributed by atoms with van der Waals surface area (Å²) >= 11 is 0. The summed E-state index contributed by atoms with van der Waals surface area (Å²) in [5.74, 6) is 0. The molecule has 3 rings (SSSR count). The Bertz CT molecular complexity index is 805. The molecule has 0 atom stereocenters. The van der Waals surface area contributed by atoms with Gasteiger partial charge in [0.1, 0.15) is 5.66 Å². The second-order valence-electron chi connectivity index (χ2n) is 7.33. The van der Waals surface area contributed by atoms with E-state index in [1.165, 1.54) is 0 Å². The summed E-state index contributed by atoms with van der Waals surface area (Å²) in [6, 6.07) is 20.5. The number of aliphatic imine (C=N–C) groups is 2. The molecule has 29 heavy (non-hydrogen) atoms. The van der Waals surface area contributed by atoms with E-state index in [1.54, 1.807) is 6.92 Å². The Morgan fingerprint density at radius 1 is 0.897 bits per heavy atom. The summed E-state index contributed by atoms with van der Waals surface area (Å²) in [7, 11) is 0. The van der Waals surface area contributed by atoms with Crippen LogP contribution in [0.1, 0.15) is 50.7 Å². The number of carbonyl (C=O) groups excluding carboxylic acids is 1. The van der Waals surface area contributed by atoms with Gasteiger partial charge in [-0.2, -0.15) is 0 Å². The maximum atomic E-state index is 11.3. The van der Waals surface area contributed by atoms with Crippen molar-refractivity contribution in [1.29, 1.82) is 0 Å². The van der Waals surface area contributed by atoms with E-state index in [9.17, 15) is 4.79 Å². The lowest BCUT2D eigenvalue weighted by Crippen LogP contribution is -2.25. The number of benzene rings is 2. The van der Waals surface area contributed by atoms with Crippen molar-refractivity contribution in [3.05, 3.63) is 71.8 Å². The number of amides is 1. The second kappa shape index (κ2) is 10.0. The third-order valence-electron chi connectivity index (χ3n) is 4.90. The predicted molar refractivity (Wildman–Crippen MR) is 118 cm³/mol. The molecule has 0 saturated carbocycles. The highest BCUT2D eigenvalue weighted by molar-refractivity contribution is 6.54. The number of carbonyl (C=O) groups is 1. The summed E-state index contributed by atoms with van der Waals surface area (Å²) in [5, 5.41) is 2.76. The second-order valence-corrected chi connectivity index (χ2v) is 7.33. The molecule has 0 saturated heterocycles. The maximum Gasteiger partial charge on any atom is 0.407 e. The Morgan fingerprint density at radius 3 is 1.97 bits per heavy atom. The van der Waals surface area contributed by atoms with E-state index < -0.39 is 5.66 Å². The molecule has 2 aromatic rings.